The van der Waals surface area contributed by atoms with Crippen LogP contribution < -0.4 is 15.2 Å². The van der Waals surface area contributed by atoms with Crippen molar-refractivity contribution < 1.29 is 9.47 Å². The molecule has 23 heavy (non-hydrogen) atoms. The molecular formula is C18H25ClN2O2. The van der Waals surface area contributed by atoms with Gasteiger partial charge in [-0.05, 0) is 23.8 Å². The lowest BCUT2D eigenvalue weighted by Crippen LogP contribution is -2.28. The van der Waals surface area contributed by atoms with Crippen LogP contribution >= 0.6 is 12.4 Å². The van der Waals surface area contributed by atoms with Crippen LogP contribution in [0.2, 0.25) is 0 Å². The third-order valence-electron chi connectivity index (χ3n) is 3.58. The van der Waals surface area contributed by atoms with Gasteiger partial charge < -0.3 is 15.2 Å². The number of halogens is 1. The molecule has 0 heterocycles. The second kappa shape index (κ2) is 10.1. The van der Waals surface area contributed by atoms with Gasteiger partial charge in [0.2, 0.25) is 0 Å². The highest BCUT2D eigenvalue weighted by Gasteiger charge is 2.11. The van der Waals surface area contributed by atoms with Crippen LogP contribution in [0.4, 0.5) is 0 Å². The van der Waals surface area contributed by atoms with E-state index in [0.29, 0.717) is 6.54 Å². The lowest BCUT2D eigenvalue weighted by Gasteiger charge is -2.23. The van der Waals surface area contributed by atoms with Gasteiger partial charge in [-0.25, -0.2) is 0 Å². The third-order valence-corrected chi connectivity index (χ3v) is 3.58. The fourth-order valence-electron chi connectivity index (χ4n) is 2.48. The Bertz CT molecular complexity index is 578. The molecule has 2 aromatic carbocycles. The van der Waals surface area contributed by atoms with E-state index in [4.69, 9.17) is 15.2 Å². The van der Waals surface area contributed by atoms with Crippen molar-refractivity contribution in [2.75, 3.05) is 27.3 Å². The number of hydrogen-bond acceptors (Lipinski definition) is 4. The molecule has 0 amide bonds. The van der Waals surface area contributed by atoms with Gasteiger partial charge in [-0.1, -0.05) is 30.3 Å². The highest BCUT2D eigenvalue weighted by atomic mass is 35.5. The van der Waals surface area contributed by atoms with Gasteiger partial charge in [0, 0.05) is 31.7 Å². The number of hydrogen-bond donors (Lipinski definition) is 1. The molecule has 126 valence electrons. The first-order valence-electron chi connectivity index (χ1n) is 7.44. The van der Waals surface area contributed by atoms with Gasteiger partial charge in [0.05, 0.1) is 14.2 Å². The van der Waals surface area contributed by atoms with Gasteiger partial charge in [-0.3, -0.25) is 4.90 Å². The summed E-state index contributed by atoms with van der Waals surface area (Å²) in [5.41, 5.74) is 8.14. The van der Waals surface area contributed by atoms with Crippen LogP contribution in [0.15, 0.2) is 48.5 Å². The first-order valence-corrected chi connectivity index (χ1v) is 7.44. The first-order chi connectivity index (χ1) is 10.8. The van der Waals surface area contributed by atoms with E-state index in [2.05, 4.69) is 29.2 Å². The van der Waals surface area contributed by atoms with E-state index in [9.17, 15) is 0 Å². The summed E-state index contributed by atoms with van der Waals surface area (Å²) < 4.78 is 10.8. The zero-order valence-electron chi connectivity index (χ0n) is 13.7. The van der Waals surface area contributed by atoms with E-state index in [1.165, 1.54) is 5.56 Å². The summed E-state index contributed by atoms with van der Waals surface area (Å²) in [5.74, 6) is 1.71. The number of benzene rings is 2. The van der Waals surface area contributed by atoms with Gasteiger partial charge in [0.15, 0.2) is 0 Å². The molecule has 0 aromatic heterocycles. The molecule has 0 unspecified atom stereocenters. The van der Waals surface area contributed by atoms with E-state index < -0.39 is 0 Å². The number of nitrogens with two attached hydrogens (primary N) is 1. The Balaban J connectivity index is 0.00000264. The van der Waals surface area contributed by atoms with Crippen molar-refractivity contribution in [1.82, 2.24) is 4.90 Å². The van der Waals surface area contributed by atoms with Crippen LogP contribution in [-0.4, -0.2) is 32.2 Å². The molecule has 2 N–H and O–H groups in total. The van der Waals surface area contributed by atoms with Crippen molar-refractivity contribution in [2.45, 2.75) is 13.1 Å². The van der Waals surface area contributed by atoms with Crippen molar-refractivity contribution in [3.8, 4) is 11.5 Å². The number of methoxy groups -OCH3 is 2. The molecule has 0 fully saturated rings. The first kappa shape index (κ1) is 19.3. The summed E-state index contributed by atoms with van der Waals surface area (Å²) in [6.45, 7) is 3.08. The van der Waals surface area contributed by atoms with Crippen molar-refractivity contribution >= 4 is 12.4 Å². The lowest BCUT2D eigenvalue weighted by atomic mass is 10.1. The fourth-order valence-corrected chi connectivity index (χ4v) is 2.48. The van der Waals surface area contributed by atoms with Gasteiger partial charge in [0.1, 0.15) is 11.5 Å². The SMILES string of the molecule is COc1ccc(OC)c(CN(CCN)Cc2ccccc2)c1.Cl. The van der Waals surface area contributed by atoms with E-state index in [-0.39, 0.29) is 12.4 Å². The summed E-state index contributed by atoms with van der Waals surface area (Å²) >= 11 is 0. The summed E-state index contributed by atoms with van der Waals surface area (Å²) in [6, 6.07) is 16.3. The van der Waals surface area contributed by atoms with Crippen molar-refractivity contribution in [2.24, 2.45) is 5.73 Å². The Morgan fingerprint density at radius 2 is 1.70 bits per heavy atom. The average Bonchev–Trinajstić information content (AvgIpc) is 2.56. The van der Waals surface area contributed by atoms with Crippen molar-refractivity contribution in [3.63, 3.8) is 0 Å². The summed E-state index contributed by atoms with van der Waals surface area (Å²) in [5, 5.41) is 0. The Morgan fingerprint density at radius 3 is 2.30 bits per heavy atom. The molecule has 0 radical (unpaired) electrons. The molecule has 2 rings (SSSR count). The highest BCUT2D eigenvalue weighted by molar-refractivity contribution is 5.85. The molecule has 0 aliphatic heterocycles. The summed E-state index contributed by atoms with van der Waals surface area (Å²) in [4.78, 5) is 2.31. The maximum atomic E-state index is 5.77. The molecule has 0 saturated heterocycles. The average molecular weight is 337 g/mol. The number of rotatable bonds is 8. The smallest absolute Gasteiger partial charge is 0.123 e. The molecule has 4 nitrogen and oxygen atoms in total. The minimum absolute atomic E-state index is 0. The van der Waals surface area contributed by atoms with Crippen LogP contribution in [-0.2, 0) is 13.1 Å². The van der Waals surface area contributed by atoms with Gasteiger partial charge in [-0.2, -0.15) is 0 Å². The Hall–Kier alpha value is -1.75. The van der Waals surface area contributed by atoms with Crippen LogP contribution in [0.3, 0.4) is 0 Å². The summed E-state index contributed by atoms with van der Waals surface area (Å²) in [7, 11) is 3.36. The molecule has 0 saturated carbocycles. The Morgan fingerprint density at radius 1 is 0.957 bits per heavy atom. The number of nitrogens with zero attached hydrogens (tertiary/aromatic N) is 1. The minimum atomic E-state index is 0. The number of ether oxygens (including phenoxy) is 2. The van der Waals surface area contributed by atoms with E-state index >= 15 is 0 Å². The maximum Gasteiger partial charge on any atom is 0.123 e. The predicted octanol–water partition coefficient (Wildman–Crippen LogP) is 3.09. The largest absolute Gasteiger partial charge is 0.497 e. The monoisotopic (exact) mass is 336 g/mol. The quantitative estimate of drug-likeness (QED) is 0.804. The Labute approximate surface area is 144 Å². The molecule has 0 atom stereocenters. The van der Waals surface area contributed by atoms with Crippen molar-refractivity contribution in [1.29, 1.82) is 0 Å². The van der Waals surface area contributed by atoms with Crippen molar-refractivity contribution in [3.05, 3.63) is 59.7 Å². The summed E-state index contributed by atoms with van der Waals surface area (Å²) in [6.07, 6.45) is 0. The van der Waals surface area contributed by atoms with E-state index in [0.717, 1.165) is 36.7 Å². The molecule has 0 bridgehead atoms. The highest BCUT2D eigenvalue weighted by Crippen LogP contribution is 2.25. The molecule has 2 aromatic rings. The molecule has 5 heteroatoms. The van der Waals surface area contributed by atoms with Crippen LogP contribution in [0, 0.1) is 0 Å². The topological polar surface area (TPSA) is 47.7 Å². The van der Waals surface area contributed by atoms with E-state index in [1.807, 2.05) is 24.3 Å². The standard InChI is InChI=1S/C18H24N2O2.ClH/c1-21-17-8-9-18(22-2)16(12-17)14-20(11-10-19)13-15-6-4-3-5-7-15;/h3-9,12H,10-11,13-14,19H2,1-2H3;1H. The minimum Gasteiger partial charge on any atom is -0.497 e. The fraction of sp³-hybridized carbons (Fsp3) is 0.333. The lowest BCUT2D eigenvalue weighted by molar-refractivity contribution is 0.259. The molecule has 0 aliphatic carbocycles. The van der Waals surface area contributed by atoms with Crippen LogP contribution in [0.5, 0.6) is 11.5 Å². The van der Waals surface area contributed by atoms with Crippen LogP contribution in [0.1, 0.15) is 11.1 Å². The predicted molar refractivity (Wildman–Crippen MR) is 96.4 cm³/mol. The zero-order valence-corrected chi connectivity index (χ0v) is 14.5. The second-order valence-electron chi connectivity index (χ2n) is 5.16. The molecule has 0 aliphatic rings. The van der Waals surface area contributed by atoms with Gasteiger partial charge in [-0.15, -0.1) is 12.4 Å². The molecule has 0 spiro atoms. The van der Waals surface area contributed by atoms with E-state index in [1.54, 1.807) is 14.2 Å². The third kappa shape index (κ3) is 5.75. The normalized spacial score (nSPS) is 10.3. The van der Waals surface area contributed by atoms with Gasteiger partial charge in [0.25, 0.3) is 0 Å². The van der Waals surface area contributed by atoms with Gasteiger partial charge >= 0.3 is 0 Å². The maximum absolute atomic E-state index is 5.77. The van der Waals surface area contributed by atoms with Crippen LogP contribution in [0.25, 0.3) is 0 Å². The Kier molecular flexibility index (Phi) is 8.48. The zero-order chi connectivity index (χ0) is 15.8. The molecular weight excluding hydrogens is 312 g/mol. The second-order valence-corrected chi connectivity index (χ2v) is 5.16.